The van der Waals surface area contributed by atoms with Crippen LogP contribution in [0, 0.1) is 0 Å². The average Bonchev–Trinajstić information content (AvgIpc) is 3.07. The largest absolute Gasteiger partial charge is 0.508 e. The van der Waals surface area contributed by atoms with Gasteiger partial charge >= 0.3 is 6.03 Å². The van der Waals surface area contributed by atoms with Crippen LogP contribution in [-0.4, -0.2) is 101 Å². The second-order valence-corrected chi connectivity index (χ2v) is 11.8. The number of phenols is 1. The molecule has 0 aromatic heterocycles. The molecule has 2 N–H and O–H groups in total. The minimum atomic E-state index is -0.839. The normalized spacial score (nSPS) is 20.4. The standard InChI is InChI=1S/C35H40N6O5/c1-2-15-39-25-33(43)40-31(21-26-11-13-30(42)14-12-26)34(44)38(23-28-9-6-10-29(20-28)37-16-18-46-19-17-37)24-32(40)41(39)35(45)36-22-27-7-4-3-5-8-27/h2-14,20,31-32,42H,1,15-19,21-25H2,(H,36,45)/t31-,32-/m0/s1. The van der Waals surface area contributed by atoms with Gasteiger partial charge in [-0.3, -0.25) is 9.59 Å². The van der Waals surface area contributed by atoms with E-state index in [2.05, 4.69) is 28.9 Å². The molecule has 3 aliphatic heterocycles. The number of piperazine rings is 1. The zero-order chi connectivity index (χ0) is 32.0. The van der Waals surface area contributed by atoms with Crippen LogP contribution in [0.4, 0.5) is 10.5 Å². The minimum Gasteiger partial charge on any atom is -0.508 e. The highest BCUT2D eigenvalue weighted by molar-refractivity contribution is 5.91. The smallest absolute Gasteiger partial charge is 0.334 e. The highest BCUT2D eigenvalue weighted by atomic mass is 16.5. The summed E-state index contributed by atoms with van der Waals surface area (Å²) in [6.45, 7) is 7.79. The number of hydrogen-bond donors (Lipinski definition) is 2. The molecule has 240 valence electrons. The molecule has 6 rings (SSSR count). The first-order valence-corrected chi connectivity index (χ1v) is 15.7. The molecule has 3 heterocycles. The van der Waals surface area contributed by atoms with Gasteiger partial charge in [0.25, 0.3) is 0 Å². The predicted molar refractivity (Wildman–Crippen MR) is 173 cm³/mol. The Morgan fingerprint density at radius 1 is 0.957 bits per heavy atom. The molecule has 3 saturated heterocycles. The molecule has 11 heteroatoms. The number of rotatable bonds is 9. The van der Waals surface area contributed by atoms with Gasteiger partial charge in [-0.15, -0.1) is 6.58 Å². The van der Waals surface area contributed by atoms with Crippen molar-refractivity contribution in [1.29, 1.82) is 0 Å². The third-order valence-electron chi connectivity index (χ3n) is 8.69. The van der Waals surface area contributed by atoms with Gasteiger partial charge in [0, 0.05) is 44.8 Å². The van der Waals surface area contributed by atoms with Crippen molar-refractivity contribution < 1.29 is 24.2 Å². The van der Waals surface area contributed by atoms with Crippen molar-refractivity contribution in [3.8, 4) is 5.75 Å². The van der Waals surface area contributed by atoms with Crippen molar-refractivity contribution in [3.05, 3.63) is 108 Å². The molecule has 11 nitrogen and oxygen atoms in total. The lowest BCUT2D eigenvalue weighted by molar-refractivity contribution is -0.189. The lowest BCUT2D eigenvalue weighted by atomic mass is 9.98. The Kier molecular flexibility index (Phi) is 9.51. The summed E-state index contributed by atoms with van der Waals surface area (Å²) in [4.78, 5) is 47.6. The van der Waals surface area contributed by atoms with Gasteiger partial charge in [0.1, 0.15) is 18.0 Å². The third-order valence-corrected chi connectivity index (χ3v) is 8.69. The first-order valence-electron chi connectivity index (χ1n) is 15.7. The summed E-state index contributed by atoms with van der Waals surface area (Å²) in [5, 5.41) is 16.2. The number of phenolic OH excluding ortho intramolecular Hbond substituents is 1. The molecule has 3 aliphatic rings. The molecule has 0 radical (unpaired) electrons. The van der Waals surface area contributed by atoms with Crippen molar-refractivity contribution in [2.75, 3.05) is 50.8 Å². The van der Waals surface area contributed by atoms with Crippen LogP contribution in [0.15, 0.2) is 91.5 Å². The van der Waals surface area contributed by atoms with Gasteiger partial charge in [-0.1, -0.05) is 60.7 Å². The van der Waals surface area contributed by atoms with E-state index in [1.54, 1.807) is 50.2 Å². The molecular formula is C35H40N6O5. The number of urea groups is 1. The Morgan fingerprint density at radius 2 is 1.70 bits per heavy atom. The van der Waals surface area contributed by atoms with Gasteiger partial charge in [0.05, 0.1) is 26.3 Å². The molecule has 0 aliphatic carbocycles. The number of fused-ring (bicyclic) bond motifs is 1. The van der Waals surface area contributed by atoms with E-state index in [0.717, 1.165) is 35.5 Å². The molecule has 0 unspecified atom stereocenters. The number of carbonyl (C=O) groups excluding carboxylic acids is 3. The summed E-state index contributed by atoms with van der Waals surface area (Å²) in [6.07, 6.45) is 1.17. The van der Waals surface area contributed by atoms with Crippen LogP contribution >= 0.6 is 0 Å². The summed E-state index contributed by atoms with van der Waals surface area (Å²) < 4.78 is 5.52. The quantitative estimate of drug-likeness (QED) is 0.353. The number of ether oxygens (including phenoxy) is 1. The fourth-order valence-corrected chi connectivity index (χ4v) is 6.45. The van der Waals surface area contributed by atoms with Crippen molar-refractivity contribution in [1.82, 2.24) is 25.1 Å². The maximum absolute atomic E-state index is 14.3. The summed E-state index contributed by atoms with van der Waals surface area (Å²) in [5.41, 5.74) is 3.77. The lowest BCUT2D eigenvalue weighted by Crippen LogP contribution is -2.76. The van der Waals surface area contributed by atoms with Crippen molar-refractivity contribution in [2.24, 2.45) is 0 Å². The number of hydrogen-bond acceptors (Lipinski definition) is 7. The van der Waals surface area contributed by atoms with Gasteiger partial charge in [-0.05, 0) is 41.0 Å². The van der Waals surface area contributed by atoms with Crippen molar-refractivity contribution >= 4 is 23.5 Å². The van der Waals surface area contributed by atoms with Crippen LogP contribution in [-0.2, 0) is 33.8 Å². The van der Waals surface area contributed by atoms with Gasteiger partial charge in [0.15, 0.2) is 0 Å². The first kappa shape index (κ1) is 31.1. The second-order valence-electron chi connectivity index (χ2n) is 11.8. The van der Waals surface area contributed by atoms with Crippen LogP contribution in [0.5, 0.6) is 5.75 Å². The summed E-state index contributed by atoms with van der Waals surface area (Å²) in [6, 6.07) is 23.2. The monoisotopic (exact) mass is 624 g/mol. The van der Waals surface area contributed by atoms with Crippen LogP contribution in [0.3, 0.4) is 0 Å². The van der Waals surface area contributed by atoms with Crippen LogP contribution in [0.1, 0.15) is 16.7 Å². The number of nitrogens with one attached hydrogen (secondary N) is 1. The fourth-order valence-electron chi connectivity index (χ4n) is 6.45. The number of anilines is 1. The Balaban J connectivity index is 1.32. The van der Waals surface area contributed by atoms with Crippen molar-refractivity contribution in [2.45, 2.75) is 31.7 Å². The maximum Gasteiger partial charge on any atom is 0.334 e. The topological polar surface area (TPSA) is 109 Å². The van der Waals surface area contributed by atoms with Crippen LogP contribution < -0.4 is 10.2 Å². The SMILES string of the molecule is C=CCN1CC(=O)N2[C@@H](Cc3ccc(O)cc3)C(=O)N(Cc3cccc(N4CCOCC4)c3)C[C@@H]2N1C(=O)NCc1ccccc1. The summed E-state index contributed by atoms with van der Waals surface area (Å²) >= 11 is 0. The molecule has 0 saturated carbocycles. The highest BCUT2D eigenvalue weighted by Gasteiger charge is 2.51. The van der Waals surface area contributed by atoms with E-state index in [1.165, 1.54) is 0 Å². The number of nitrogens with zero attached hydrogens (tertiary/aromatic N) is 5. The molecule has 3 fully saturated rings. The molecule has 0 bridgehead atoms. The van der Waals surface area contributed by atoms with Gasteiger partial charge in [-0.25, -0.2) is 14.8 Å². The zero-order valence-corrected chi connectivity index (χ0v) is 25.8. The molecule has 2 atom stereocenters. The molecule has 46 heavy (non-hydrogen) atoms. The van der Waals surface area contributed by atoms with E-state index in [9.17, 15) is 19.5 Å². The van der Waals surface area contributed by atoms with E-state index in [-0.39, 0.29) is 49.7 Å². The molecular weight excluding hydrogens is 584 g/mol. The average molecular weight is 625 g/mol. The highest BCUT2D eigenvalue weighted by Crippen LogP contribution is 2.30. The number of amides is 4. The van der Waals surface area contributed by atoms with E-state index in [0.29, 0.717) is 26.3 Å². The molecule has 4 amide bonds. The van der Waals surface area contributed by atoms with E-state index < -0.39 is 12.2 Å². The Hall–Kier alpha value is -4.87. The summed E-state index contributed by atoms with van der Waals surface area (Å²) in [5.74, 6) is -0.296. The minimum absolute atomic E-state index is 0.0672. The van der Waals surface area contributed by atoms with Crippen LogP contribution in [0.2, 0.25) is 0 Å². The van der Waals surface area contributed by atoms with E-state index >= 15 is 0 Å². The number of benzene rings is 3. The molecule has 0 spiro atoms. The van der Waals surface area contributed by atoms with E-state index in [1.807, 2.05) is 42.5 Å². The fraction of sp³-hybridized carbons (Fsp3) is 0.343. The first-order chi connectivity index (χ1) is 22.4. The van der Waals surface area contributed by atoms with Crippen LogP contribution in [0.25, 0.3) is 0 Å². The van der Waals surface area contributed by atoms with Gasteiger partial charge < -0.3 is 29.9 Å². The predicted octanol–water partition coefficient (Wildman–Crippen LogP) is 2.97. The number of morpholine rings is 1. The summed E-state index contributed by atoms with van der Waals surface area (Å²) in [7, 11) is 0. The third kappa shape index (κ3) is 6.85. The molecule has 3 aromatic carbocycles. The van der Waals surface area contributed by atoms with Gasteiger partial charge in [-0.2, -0.15) is 0 Å². The Bertz CT molecular complexity index is 1540. The van der Waals surface area contributed by atoms with Gasteiger partial charge in [0.2, 0.25) is 11.8 Å². The lowest BCUT2D eigenvalue weighted by Gasteiger charge is -2.55. The zero-order valence-electron chi connectivity index (χ0n) is 25.8. The van der Waals surface area contributed by atoms with Crippen molar-refractivity contribution in [3.63, 3.8) is 0 Å². The Labute approximate surface area is 269 Å². The number of hydrazine groups is 1. The molecule has 3 aromatic rings. The number of aromatic hydroxyl groups is 1. The Morgan fingerprint density at radius 3 is 2.43 bits per heavy atom. The number of carbonyl (C=O) groups is 3. The van der Waals surface area contributed by atoms with E-state index in [4.69, 9.17) is 4.74 Å². The second kappa shape index (κ2) is 14.1. The maximum atomic E-state index is 14.3.